The van der Waals surface area contributed by atoms with Gasteiger partial charge in [0.05, 0.1) is 12.6 Å². The van der Waals surface area contributed by atoms with Gasteiger partial charge in [0.2, 0.25) is 0 Å². The van der Waals surface area contributed by atoms with Crippen LogP contribution in [0.5, 0.6) is 5.88 Å². The maximum Gasteiger partial charge on any atom is 0.200 e. The summed E-state index contributed by atoms with van der Waals surface area (Å²) < 4.78 is 7.45. The van der Waals surface area contributed by atoms with Gasteiger partial charge >= 0.3 is 0 Å². The molecule has 0 unspecified atom stereocenters. The maximum atomic E-state index is 5.45. The van der Waals surface area contributed by atoms with Gasteiger partial charge in [0, 0.05) is 17.6 Å². The van der Waals surface area contributed by atoms with E-state index in [4.69, 9.17) is 4.74 Å². The van der Waals surface area contributed by atoms with E-state index in [0.29, 0.717) is 0 Å². The SMILES string of the molecule is COc1cc2ccccc2n1-c1ccnc(SC)n1. The number of methoxy groups -OCH3 is 1. The topological polar surface area (TPSA) is 39.9 Å². The van der Waals surface area contributed by atoms with Gasteiger partial charge in [-0.1, -0.05) is 30.0 Å². The zero-order valence-electron chi connectivity index (χ0n) is 10.7. The Kier molecular flexibility index (Phi) is 3.13. The van der Waals surface area contributed by atoms with Gasteiger partial charge in [-0.2, -0.15) is 0 Å². The Balaban J connectivity index is 2.27. The van der Waals surface area contributed by atoms with Crippen molar-refractivity contribution in [3.63, 3.8) is 0 Å². The summed E-state index contributed by atoms with van der Waals surface area (Å²) >= 11 is 1.52. The van der Waals surface area contributed by atoms with Crippen LogP contribution in [0.1, 0.15) is 0 Å². The highest BCUT2D eigenvalue weighted by Crippen LogP contribution is 2.28. The molecule has 5 heteroatoms. The predicted molar refractivity (Wildman–Crippen MR) is 77.2 cm³/mol. The van der Waals surface area contributed by atoms with E-state index in [2.05, 4.69) is 22.1 Å². The summed E-state index contributed by atoms with van der Waals surface area (Å²) in [4.78, 5) is 8.73. The predicted octanol–water partition coefficient (Wildman–Crippen LogP) is 3.15. The molecule has 0 aliphatic carbocycles. The Labute approximate surface area is 115 Å². The van der Waals surface area contributed by atoms with Crippen molar-refractivity contribution >= 4 is 22.7 Å². The van der Waals surface area contributed by atoms with Crippen LogP contribution in [0.25, 0.3) is 16.7 Å². The lowest BCUT2D eigenvalue weighted by molar-refractivity contribution is 0.390. The molecular weight excluding hydrogens is 258 g/mol. The Morgan fingerprint density at radius 2 is 2.05 bits per heavy atom. The summed E-state index contributed by atoms with van der Waals surface area (Å²) in [6.07, 6.45) is 3.73. The van der Waals surface area contributed by atoms with E-state index in [1.54, 1.807) is 13.3 Å². The first-order valence-corrected chi connectivity index (χ1v) is 7.08. The molecule has 4 nitrogen and oxygen atoms in total. The third kappa shape index (κ3) is 2.06. The van der Waals surface area contributed by atoms with Crippen LogP contribution in [-0.4, -0.2) is 27.9 Å². The van der Waals surface area contributed by atoms with Crippen LogP contribution in [-0.2, 0) is 0 Å². The number of ether oxygens (including phenoxy) is 1. The lowest BCUT2D eigenvalue weighted by atomic mass is 10.2. The third-order valence-corrected chi connectivity index (χ3v) is 3.48. The molecule has 2 heterocycles. The summed E-state index contributed by atoms with van der Waals surface area (Å²) in [5.74, 6) is 1.59. The second kappa shape index (κ2) is 4.93. The average molecular weight is 271 g/mol. The largest absolute Gasteiger partial charge is 0.482 e. The van der Waals surface area contributed by atoms with Crippen molar-refractivity contribution in [1.82, 2.24) is 14.5 Å². The van der Waals surface area contributed by atoms with Crippen LogP contribution in [0, 0.1) is 0 Å². The molecule has 0 radical (unpaired) electrons. The van der Waals surface area contributed by atoms with Crippen LogP contribution >= 0.6 is 11.8 Å². The van der Waals surface area contributed by atoms with Crippen molar-refractivity contribution in [2.24, 2.45) is 0 Å². The van der Waals surface area contributed by atoms with E-state index in [9.17, 15) is 0 Å². The lowest BCUT2D eigenvalue weighted by Crippen LogP contribution is -2.01. The maximum absolute atomic E-state index is 5.45. The van der Waals surface area contributed by atoms with Crippen LogP contribution in [0.3, 0.4) is 0 Å². The highest BCUT2D eigenvalue weighted by molar-refractivity contribution is 7.98. The number of benzene rings is 1. The van der Waals surface area contributed by atoms with Gasteiger partial charge in [-0.05, 0) is 18.4 Å². The van der Waals surface area contributed by atoms with E-state index in [0.717, 1.165) is 27.8 Å². The van der Waals surface area contributed by atoms with Crippen LogP contribution in [0.15, 0.2) is 47.8 Å². The molecule has 0 fully saturated rings. The van der Waals surface area contributed by atoms with Crippen molar-refractivity contribution < 1.29 is 4.74 Å². The molecule has 0 aliphatic rings. The normalized spacial score (nSPS) is 10.8. The minimum Gasteiger partial charge on any atom is -0.482 e. The summed E-state index contributed by atoms with van der Waals surface area (Å²) in [6, 6.07) is 12.0. The first-order chi connectivity index (χ1) is 9.33. The zero-order valence-corrected chi connectivity index (χ0v) is 11.5. The van der Waals surface area contributed by atoms with E-state index < -0.39 is 0 Å². The van der Waals surface area contributed by atoms with Crippen LogP contribution in [0.2, 0.25) is 0 Å². The number of rotatable bonds is 3. The van der Waals surface area contributed by atoms with Gasteiger partial charge in [-0.3, -0.25) is 4.57 Å². The first kappa shape index (κ1) is 12.0. The fourth-order valence-corrected chi connectivity index (χ4v) is 2.42. The summed E-state index contributed by atoms with van der Waals surface area (Å²) in [6.45, 7) is 0. The number of hydrogen-bond acceptors (Lipinski definition) is 4. The third-order valence-electron chi connectivity index (χ3n) is 2.92. The average Bonchev–Trinajstić information content (AvgIpc) is 2.85. The Bertz CT molecular complexity index is 724. The van der Waals surface area contributed by atoms with Crippen molar-refractivity contribution in [1.29, 1.82) is 0 Å². The van der Waals surface area contributed by atoms with Gasteiger partial charge in [0.1, 0.15) is 5.82 Å². The number of hydrogen-bond donors (Lipinski definition) is 0. The second-order valence-electron chi connectivity index (χ2n) is 3.98. The van der Waals surface area contributed by atoms with Gasteiger partial charge in [-0.25, -0.2) is 9.97 Å². The highest BCUT2D eigenvalue weighted by Gasteiger charge is 2.12. The standard InChI is InChI=1S/C14H13N3OS/c1-18-13-9-10-5-3-4-6-11(10)17(13)12-7-8-15-14(16-12)19-2/h3-9H,1-2H3. The molecular formula is C14H13N3OS. The smallest absolute Gasteiger partial charge is 0.200 e. The fraction of sp³-hybridized carbons (Fsp3) is 0.143. The van der Waals surface area contributed by atoms with Crippen molar-refractivity contribution in [2.75, 3.05) is 13.4 Å². The number of aromatic nitrogens is 3. The van der Waals surface area contributed by atoms with Gasteiger partial charge in [0.15, 0.2) is 11.0 Å². The Morgan fingerprint density at radius 1 is 1.21 bits per heavy atom. The van der Waals surface area contributed by atoms with Gasteiger partial charge in [-0.15, -0.1) is 0 Å². The summed E-state index contributed by atoms with van der Waals surface area (Å²) in [5, 5.41) is 1.88. The summed E-state index contributed by atoms with van der Waals surface area (Å²) in [7, 11) is 1.67. The molecule has 96 valence electrons. The van der Waals surface area contributed by atoms with E-state index in [-0.39, 0.29) is 0 Å². The molecule has 1 aromatic carbocycles. The molecule has 0 spiro atoms. The number of fused-ring (bicyclic) bond motifs is 1. The number of nitrogens with zero attached hydrogens (tertiary/aromatic N) is 3. The monoisotopic (exact) mass is 271 g/mol. The molecule has 3 aromatic rings. The molecule has 0 atom stereocenters. The fourth-order valence-electron chi connectivity index (χ4n) is 2.07. The number of para-hydroxylation sites is 1. The highest BCUT2D eigenvalue weighted by atomic mass is 32.2. The zero-order chi connectivity index (χ0) is 13.2. The van der Waals surface area contributed by atoms with E-state index in [1.165, 1.54) is 11.8 Å². The Hall–Kier alpha value is -2.01. The minimum atomic E-state index is 0.748. The van der Waals surface area contributed by atoms with E-state index in [1.807, 2.05) is 35.1 Å². The molecule has 0 saturated heterocycles. The van der Waals surface area contributed by atoms with Gasteiger partial charge < -0.3 is 4.74 Å². The second-order valence-corrected chi connectivity index (χ2v) is 4.76. The quantitative estimate of drug-likeness (QED) is 0.542. The molecule has 0 bridgehead atoms. The molecule has 0 saturated carbocycles. The Morgan fingerprint density at radius 3 is 2.84 bits per heavy atom. The van der Waals surface area contributed by atoms with Crippen molar-refractivity contribution in [2.45, 2.75) is 5.16 Å². The molecule has 2 aromatic heterocycles. The van der Waals surface area contributed by atoms with E-state index >= 15 is 0 Å². The lowest BCUT2D eigenvalue weighted by Gasteiger charge is -2.09. The van der Waals surface area contributed by atoms with Crippen molar-refractivity contribution in [3.8, 4) is 11.7 Å². The number of thioether (sulfide) groups is 1. The molecule has 0 amide bonds. The van der Waals surface area contributed by atoms with Gasteiger partial charge in [0.25, 0.3) is 0 Å². The first-order valence-electron chi connectivity index (χ1n) is 5.85. The minimum absolute atomic E-state index is 0.748. The molecule has 3 rings (SSSR count). The summed E-state index contributed by atoms with van der Waals surface area (Å²) in [5.41, 5.74) is 1.07. The molecule has 0 N–H and O–H groups in total. The molecule has 0 aliphatic heterocycles. The van der Waals surface area contributed by atoms with Crippen molar-refractivity contribution in [3.05, 3.63) is 42.6 Å². The van der Waals surface area contributed by atoms with Crippen LogP contribution in [0.4, 0.5) is 0 Å². The molecule has 19 heavy (non-hydrogen) atoms. The van der Waals surface area contributed by atoms with Crippen LogP contribution < -0.4 is 4.74 Å².